The van der Waals surface area contributed by atoms with Crippen LogP contribution >= 0.6 is 11.3 Å². The van der Waals surface area contributed by atoms with E-state index in [2.05, 4.69) is 5.32 Å². The Hall–Kier alpha value is -1.13. The number of carbonyl (C=O) groups excluding carboxylic acids is 1. The number of hydrogen-bond donors (Lipinski definition) is 1. The molecule has 0 aliphatic carbocycles. The summed E-state index contributed by atoms with van der Waals surface area (Å²) in [6.07, 6.45) is 5.71. The summed E-state index contributed by atoms with van der Waals surface area (Å²) in [5, 5.41) is 6.94. The van der Waals surface area contributed by atoms with Crippen LogP contribution in [0.2, 0.25) is 0 Å². The minimum absolute atomic E-state index is 0.0563. The maximum atomic E-state index is 11.7. The van der Waals surface area contributed by atoms with Gasteiger partial charge >= 0.3 is 0 Å². The van der Waals surface area contributed by atoms with Crippen LogP contribution in [0.3, 0.4) is 0 Å². The molecule has 0 radical (unpaired) electrons. The van der Waals surface area contributed by atoms with Gasteiger partial charge in [-0.05, 0) is 48.2 Å². The topological polar surface area (TPSA) is 38.3 Å². The van der Waals surface area contributed by atoms with Crippen LogP contribution in [0.15, 0.2) is 22.9 Å². The fraction of sp³-hybridized carbons (Fsp3) is 0.462. The number of ether oxygens (including phenoxy) is 1. The standard InChI is InChI=1S/C13H17NO2S/c1-10(12-3-2-7-16-12)14-13(15)5-4-11-6-8-17-9-11/h4-6,8-10,12H,2-3,7H2,1H3,(H,14,15)/b5-4+. The van der Waals surface area contributed by atoms with Crippen molar-refractivity contribution in [2.75, 3.05) is 6.61 Å². The van der Waals surface area contributed by atoms with E-state index < -0.39 is 0 Å². The Bertz CT molecular complexity index is 380. The summed E-state index contributed by atoms with van der Waals surface area (Å²) in [6, 6.07) is 2.06. The molecule has 1 amide bonds. The number of thiophene rings is 1. The lowest BCUT2D eigenvalue weighted by Gasteiger charge is -2.18. The monoisotopic (exact) mass is 251 g/mol. The van der Waals surface area contributed by atoms with Gasteiger partial charge in [0.2, 0.25) is 5.91 Å². The van der Waals surface area contributed by atoms with Crippen LogP contribution in [0.5, 0.6) is 0 Å². The third kappa shape index (κ3) is 3.68. The lowest BCUT2D eigenvalue weighted by Crippen LogP contribution is -2.39. The molecule has 2 rings (SSSR count). The van der Waals surface area contributed by atoms with E-state index in [0.29, 0.717) is 0 Å². The summed E-state index contributed by atoms with van der Waals surface area (Å²) in [5.74, 6) is -0.0563. The quantitative estimate of drug-likeness (QED) is 0.835. The van der Waals surface area contributed by atoms with Gasteiger partial charge in [0.05, 0.1) is 12.1 Å². The van der Waals surface area contributed by atoms with E-state index >= 15 is 0 Å². The lowest BCUT2D eigenvalue weighted by atomic mass is 10.1. The first-order chi connectivity index (χ1) is 8.25. The summed E-state index contributed by atoms with van der Waals surface area (Å²) in [7, 11) is 0. The van der Waals surface area contributed by atoms with Crippen molar-refractivity contribution in [1.82, 2.24) is 5.32 Å². The van der Waals surface area contributed by atoms with Gasteiger partial charge in [0, 0.05) is 12.7 Å². The fourth-order valence-electron chi connectivity index (χ4n) is 1.90. The van der Waals surface area contributed by atoms with Crippen molar-refractivity contribution in [2.24, 2.45) is 0 Å². The van der Waals surface area contributed by atoms with Crippen LogP contribution in [0.4, 0.5) is 0 Å². The number of nitrogens with one attached hydrogen (secondary N) is 1. The van der Waals surface area contributed by atoms with E-state index in [9.17, 15) is 4.79 Å². The zero-order chi connectivity index (χ0) is 12.1. The Morgan fingerprint density at radius 1 is 1.71 bits per heavy atom. The van der Waals surface area contributed by atoms with Crippen molar-refractivity contribution in [2.45, 2.75) is 31.9 Å². The van der Waals surface area contributed by atoms with Gasteiger partial charge in [-0.2, -0.15) is 11.3 Å². The Kier molecular flexibility index (Phi) is 4.34. The molecule has 0 spiro atoms. The van der Waals surface area contributed by atoms with E-state index in [4.69, 9.17) is 4.74 Å². The molecule has 2 heterocycles. The van der Waals surface area contributed by atoms with Crippen molar-refractivity contribution in [3.8, 4) is 0 Å². The Labute approximate surface area is 105 Å². The maximum absolute atomic E-state index is 11.7. The maximum Gasteiger partial charge on any atom is 0.244 e. The zero-order valence-electron chi connectivity index (χ0n) is 9.89. The van der Waals surface area contributed by atoms with Crippen LogP contribution in [0, 0.1) is 0 Å². The van der Waals surface area contributed by atoms with Crippen molar-refractivity contribution in [3.05, 3.63) is 28.5 Å². The van der Waals surface area contributed by atoms with Crippen molar-refractivity contribution < 1.29 is 9.53 Å². The van der Waals surface area contributed by atoms with E-state index in [1.807, 2.05) is 29.8 Å². The second kappa shape index (κ2) is 5.98. The number of hydrogen-bond acceptors (Lipinski definition) is 3. The van der Waals surface area contributed by atoms with Crippen LogP contribution in [-0.4, -0.2) is 24.7 Å². The highest BCUT2D eigenvalue weighted by Crippen LogP contribution is 2.15. The molecule has 0 bridgehead atoms. The molecule has 1 saturated heterocycles. The molecule has 3 nitrogen and oxygen atoms in total. The first-order valence-electron chi connectivity index (χ1n) is 5.88. The molecule has 92 valence electrons. The van der Waals surface area contributed by atoms with Crippen LogP contribution in [0.1, 0.15) is 25.3 Å². The third-order valence-electron chi connectivity index (χ3n) is 2.86. The molecule has 2 atom stereocenters. The largest absolute Gasteiger partial charge is 0.376 e. The first-order valence-corrected chi connectivity index (χ1v) is 6.82. The highest BCUT2D eigenvalue weighted by Gasteiger charge is 2.22. The van der Waals surface area contributed by atoms with Gasteiger partial charge in [-0.25, -0.2) is 0 Å². The van der Waals surface area contributed by atoms with Gasteiger partial charge in [0.1, 0.15) is 0 Å². The zero-order valence-corrected chi connectivity index (χ0v) is 10.7. The summed E-state index contributed by atoms with van der Waals surface area (Å²) in [5.41, 5.74) is 1.06. The van der Waals surface area contributed by atoms with Crippen LogP contribution in [0.25, 0.3) is 6.08 Å². The van der Waals surface area contributed by atoms with Gasteiger partial charge in [-0.1, -0.05) is 0 Å². The van der Waals surface area contributed by atoms with Crippen molar-refractivity contribution in [3.63, 3.8) is 0 Å². The molecule has 17 heavy (non-hydrogen) atoms. The minimum atomic E-state index is -0.0563. The highest BCUT2D eigenvalue weighted by molar-refractivity contribution is 7.08. The molecule has 2 unspecified atom stereocenters. The predicted octanol–water partition coefficient (Wildman–Crippen LogP) is 2.45. The molecule has 1 aromatic rings. The van der Waals surface area contributed by atoms with Crippen molar-refractivity contribution >= 4 is 23.3 Å². The predicted molar refractivity (Wildman–Crippen MR) is 69.9 cm³/mol. The fourth-order valence-corrected chi connectivity index (χ4v) is 2.53. The molecule has 0 saturated carbocycles. The molecule has 1 N–H and O–H groups in total. The molecular formula is C13H17NO2S. The molecule has 4 heteroatoms. The second-order valence-corrected chi connectivity index (χ2v) is 5.02. The lowest BCUT2D eigenvalue weighted by molar-refractivity contribution is -0.117. The van der Waals surface area contributed by atoms with Gasteiger partial charge in [0.15, 0.2) is 0 Å². The van der Waals surface area contributed by atoms with Crippen LogP contribution in [-0.2, 0) is 9.53 Å². The van der Waals surface area contributed by atoms with Gasteiger partial charge in [-0.15, -0.1) is 0 Å². The Balaban J connectivity index is 1.80. The second-order valence-electron chi connectivity index (χ2n) is 4.24. The molecule has 1 fully saturated rings. The van der Waals surface area contributed by atoms with E-state index in [1.54, 1.807) is 17.4 Å². The Morgan fingerprint density at radius 2 is 2.59 bits per heavy atom. The van der Waals surface area contributed by atoms with Crippen LogP contribution < -0.4 is 5.32 Å². The molecule has 1 aliphatic heterocycles. The molecule has 0 aromatic carbocycles. The molecular weight excluding hydrogens is 234 g/mol. The van der Waals surface area contributed by atoms with Gasteiger partial charge in [-0.3, -0.25) is 4.79 Å². The smallest absolute Gasteiger partial charge is 0.244 e. The van der Waals surface area contributed by atoms with Gasteiger partial charge < -0.3 is 10.1 Å². The average Bonchev–Trinajstić information content (AvgIpc) is 2.99. The number of amides is 1. The first kappa shape index (κ1) is 12.3. The number of carbonyl (C=O) groups is 1. The normalized spacial score (nSPS) is 21.8. The third-order valence-corrected chi connectivity index (χ3v) is 3.56. The Morgan fingerprint density at radius 3 is 3.24 bits per heavy atom. The molecule has 1 aliphatic rings. The average molecular weight is 251 g/mol. The SMILES string of the molecule is CC(NC(=O)/C=C/c1ccsc1)C1CCCO1. The molecule has 1 aromatic heterocycles. The summed E-state index contributed by atoms with van der Waals surface area (Å²) in [6.45, 7) is 2.81. The van der Waals surface area contributed by atoms with E-state index in [1.165, 1.54) is 0 Å². The minimum Gasteiger partial charge on any atom is -0.376 e. The van der Waals surface area contributed by atoms with Gasteiger partial charge in [0.25, 0.3) is 0 Å². The number of rotatable bonds is 4. The summed E-state index contributed by atoms with van der Waals surface area (Å²) >= 11 is 1.62. The van der Waals surface area contributed by atoms with Crippen molar-refractivity contribution in [1.29, 1.82) is 0 Å². The van der Waals surface area contributed by atoms with E-state index in [0.717, 1.165) is 25.0 Å². The summed E-state index contributed by atoms with van der Waals surface area (Å²) in [4.78, 5) is 11.7. The highest BCUT2D eigenvalue weighted by atomic mass is 32.1. The van der Waals surface area contributed by atoms with E-state index in [-0.39, 0.29) is 18.1 Å². The summed E-state index contributed by atoms with van der Waals surface area (Å²) < 4.78 is 5.53.